The smallest absolute Gasteiger partial charge is 0.160 e. The topological polar surface area (TPSA) is 55.4 Å². The van der Waals surface area contributed by atoms with Gasteiger partial charge in [0.05, 0.1) is 77.6 Å². The van der Waals surface area contributed by atoms with Gasteiger partial charge in [-0.2, -0.15) is 0 Å². The van der Waals surface area contributed by atoms with Gasteiger partial charge in [0, 0.05) is 121 Å². The van der Waals surface area contributed by atoms with E-state index in [2.05, 4.69) is 549 Å². The quantitative estimate of drug-likeness (QED) is 0.103. The van der Waals surface area contributed by atoms with Gasteiger partial charge in [-0.1, -0.05) is 309 Å². The highest BCUT2D eigenvalue weighted by Gasteiger charge is 2.32. The molecule has 31 rings (SSSR count). The molecule has 0 fully saturated rings. The third-order valence-electron chi connectivity index (χ3n) is 31.2. The largest absolute Gasteiger partial charge is 0.309 e. The normalized spacial score (nSPS) is 12.1. The fraction of sp³-hybridized carbons (Fsp3) is 0. The van der Waals surface area contributed by atoms with Gasteiger partial charge in [-0.05, 0) is 307 Å². The van der Waals surface area contributed by atoms with Crippen LogP contribution in [0.25, 0.3) is 299 Å². The van der Waals surface area contributed by atoms with Crippen molar-refractivity contribution in [3.8, 4) is 157 Å². The van der Waals surface area contributed by atoms with E-state index in [9.17, 15) is 0 Å². The van der Waals surface area contributed by atoms with Crippen LogP contribution >= 0.6 is 0 Å². The molecule has 7 aromatic heterocycles. The molecule has 0 spiro atoms. The highest BCUT2D eigenvalue weighted by atomic mass is 15.0. The van der Waals surface area contributed by atoms with Crippen LogP contribution < -0.4 is 0 Å². The van der Waals surface area contributed by atoms with E-state index in [1.165, 1.54) is 70.5 Å². The van der Waals surface area contributed by atoms with E-state index in [1.807, 2.05) is 0 Å². The molecule has 1 aliphatic rings. The first kappa shape index (κ1) is 82.9. The number of hydrogen-bond donors (Lipinski definition) is 0. The summed E-state index contributed by atoms with van der Waals surface area (Å²) >= 11 is 0. The summed E-state index contributed by atoms with van der Waals surface area (Å²) in [4.78, 5) is 12.3. The summed E-state index contributed by atoms with van der Waals surface area (Å²) in [7, 11) is 0. The molecule has 23 aromatic carbocycles. The second-order valence-corrected chi connectivity index (χ2v) is 39.5. The molecular weight excluding hydrogens is 1790 g/mol. The minimum absolute atomic E-state index is 0.598. The molecular formula is C140H86N8. The minimum Gasteiger partial charge on any atom is -0.309 e. The van der Waals surface area contributed by atoms with Crippen LogP contribution in [0.4, 0.5) is 0 Å². The van der Waals surface area contributed by atoms with Crippen molar-refractivity contribution in [2.45, 2.75) is 0 Å². The molecule has 0 unspecified atom stereocenters. The van der Waals surface area contributed by atoms with Crippen LogP contribution in [-0.2, 0) is 0 Å². The zero-order valence-corrected chi connectivity index (χ0v) is 80.2. The molecule has 1 aliphatic carbocycles. The number of aromatic nitrogens is 8. The maximum Gasteiger partial charge on any atom is 0.160 e. The van der Waals surface area contributed by atoms with E-state index < -0.39 is 0 Å². The molecule has 0 bridgehead atoms. The fourth-order valence-corrected chi connectivity index (χ4v) is 24.6. The van der Waals surface area contributed by atoms with Crippen LogP contribution in [0, 0.1) is 0 Å². The molecule has 30 aromatic rings. The first-order valence-electron chi connectivity index (χ1n) is 50.9. The summed E-state index contributed by atoms with van der Waals surface area (Å²) in [6.45, 7) is 0. The molecule has 8 nitrogen and oxygen atoms in total. The Balaban J connectivity index is 0.666. The van der Waals surface area contributed by atoms with Gasteiger partial charge in [0.15, 0.2) is 5.82 Å². The summed E-state index contributed by atoms with van der Waals surface area (Å²) in [5.41, 5.74) is 42.4. The van der Waals surface area contributed by atoms with Crippen molar-refractivity contribution in [2.75, 3.05) is 0 Å². The van der Waals surface area contributed by atoms with Crippen LogP contribution in [0.2, 0.25) is 0 Å². The number of para-hydroxylation sites is 8. The summed E-state index contributed by atoms with van der Waals surface area (Å²) in [6, 6.07) is 194. The maximum atomic E-state index is 6.20. The van der Waals surface area contributed by atoms with E-state index in [1.54, 1.807) is 0 Å². The highest BCUT2D eigenvalue weighted by Crippen LogP contribution is 2.53. The lowest BCUT2D eigenvalue weighted by molar-refractivity contribution is 1.12. The second-order valence-electron chi connectivity index (χ2n) is 39.5. The molecule has 0 N–H and O–H groups in total. The highest BCUT2D eigenvalue weighted by molar-refractivity contribution is 6.21. The summed E-state index contributed by atoms with van der Waals surface area (Å²) in [5, 5.41) is 16.4. The van der Waals surface area contributed by atoms with Gasteiger partial charge in [0.25, 0.3) is 0 Å². The van der Waals surface area contributed by atoms with Crippen molar-refractivity contribution < 1.29 is 0 Å². The first-order chi connectivity index (χ1) is 73.4. The minimum atomic E-state index is 0.598. The van der Waals surface area contributed by atoms with Gasteiger partial charge >= 0.3 is 0 Å². The molecule has 0 radical (unpaired) electrons. The van der Waals surface area contributed by atoms with Crippen molar-refractivity contribution in [1.29, 1.82) is 0 Å². The lowest BCUT2D eigenvalue weighted by atomic mass is 9.92. The fourth-order valence-electron chi connectivity index (χ4n) is 24.6. The van der Waals surface area contributed by atoms with Gasteiger partial charge in [-0.25, -0.2) is 9.97 Å². The summed E-state index contributed by atoms with van der Waals surface area (Å²) in [5.74, 6) is 0.598. The monoisotopic (exact) mass is 1880 g/mol. The van der Waals surface area contributed by atoms with Gasteiger partial charge in [0.2, 0.25) is 0 Å². The first-order valence-corrected chi connectivity index (χ1v) is 50.9. The molecule has 686 valence electrons. The van der Waals surface area contributed by atoms with E-state index in [0.717, 1.165) is 222 Å². The predicted molar refractivity (Wildman–Crippen MR) is 619 cm³/mol. The number of hydrogen-bond acceptors (Lipinski definition) is 2. The van der Waals surface area contributed by atoms with Crippen LogP contribution in [-0.4, -0.2) is 37.4 Å². The van der Waals surface area contributed by atoms with E-state index in [4.69, 9.17) is 9.97 Å². The third-order valence-corrected chi connectivity index (χ3v) is 31.2. The summed E-state index contributed by atoms with van der Waals surface area (Å²) in [6.07, 6.45) is 0. The van der Waals surface area contributed by atoms with Crippen LogP contribution in [0.5, 0.6) is 0 Å². The average Bonchev–Trinajstić information content (AvgIpc) is 1.56. The zero-order valence-electron chi connectivity index (χ0n) is 80.2. The molecule has 148 heavy (non-hydrogen) atoms. The van der Waals surface area contributed by atoms with Gasteiger partial charge in [-0.3, -0.25) is 0 Å². The van der Waals surface area contributed by atoms with Crippen LogP contribution in [0.3, 0.4) is 0 Å². The van der Waals surface area contributed by atoms with Crippen LogP contribution in [0.1, 0.15) is 0 Å². The standard InChI is InChI=1S/C140H86N8/c1-7-30-87(31-8-1)100-73-101(88-32-9-2-10-33-88)75-102(74-100)90-36-27-37-99(72-90)138-137-114-50-28-34-89-35-29-51-115(136(89)114)139(137)142-140(141-138)103-76-108(147-132-68-60-95(91-56-64-128-116(78-91)110-46-19-23-52-124(110)143(128)104-38-11-3-12-39-104)82-120(132)121-83-96(61-69-133(121)147)92-57-65-129-117(79-92)111-47-20-24-53-125(111)144(129)105-40-13-4-14-41-105)86-109(77-103)148-134-70-62-97(93-58-66-130-118(80-93)112-48-21-25-54-126(112)145(130)106-42-15-5-16-43-106)84-122(134)123-85-98(63-71-135(123)148)94-59-67-131-119(81-94)113-49-22-26-55-127(113)146(131)107-44-17-6-18-45-107/h1-86H. The van der Waals surface area contributed by atoms with Gasteiger partial charge in [-0.15, -0.1) is 0 Å². The van der Waals surface area contributed by atoms with E-state index >= 15 is 0 Å². The Hall–Kier alpha value is -19.8. The lowest BCUT2D eigenvalue weighted by Gasteiger charge is -2.17. The molecule has 8 heteroatoms. The lowest BCUT2D eigenvalue weighted by Crippen LogP contribution is -2.03. The number of fused-ring (bicyclic) bond motifs is 21. The van der Waals surface area contributed by atoms with Crippen molar-refractivity contribution >= 4 is 142 Å². The molecule has 0 amide bonds. The Kier molecular flexibility index (Phi) is 18.4. The van der Waals surface area contributed by atoms with Crippen molar-refractivity contribution in [3.63, 3.8) is 0 Å². The van der Waals surface area contributed by atoms with Crippen LogP contribution in [0.15, 0.2) is 522 Å². The van der Waals surface area contributed by atoms with E-state index in [-0.39, 0.29) is 0 Å². The average molecular weight is 1880 g/mol. The van der Waals surface area contributed by atoms with Crippen molar-refractivity contribution in [2.24, 2.45) is 0 Å². The number of benzene rings is 23. The Morgan fingerprint density at radius 1 is 0.128 bits per heavy atom. The Morgan fingerprint density at radius 2 is 0.365 bits per heavy atom. The summed E-state index contributed by atoms with van der Waals surface area (Å²) < 4.78 is 14.7. The Labute approximate surface area is 851 Å². The Morgan fingerprint density at radius 3 is 0.696 bits per heavy atom. The maximum absolute atomic E-state index is 6.20. The molecule has 0 saturated carbocycles. The predicted octanol–water partition coefficient (Wildman–Crippen LogP) is 36.9. The SMILES string of the molecule is c1ccc(-c2cc(-c3ccccc3)cc(-c3cccc(-c4nc(-c5cc(-n6c7ccc(-c8ccc9c(c8)c8ccccc8n9-c8ccccc8)cc7c7cc(-c8ccc9c(c8)c8ccccc8n9-c8ccccc8)ccc76)cc(-n6c7ccc(-c8ccc9c(c8)c8ccccc8n9-c8ccccc8)cc7c7cc(-c8ccc9c(c8)c8ccccc8n9-c8ccccc8)ccc76)c5)nc5c4-c4cccc6cccc-5c46)c3)c2)cc1. The number of nitrogens with zero attached hydrogens (tertiary/aromatic N) is 8. The molecule has 0 atom stereocenters. The molecule has 0 saturated heterocycles. The molecule has 0 aliphatic heterocycles. The van der Waals surface area contributed by atoms with Gasteiger partial charge < -0.3 is 27.4 Å². The zero-order chi connectivity index (χ0) is 96.9. The van der Waals surface area contributed by atoms with E-state index in [0.29, 0.717) is 5.82 Å². The van der Waals surface area contributed by atoms with Crippen molar-refractivity contribution in [3.05, 3.63) is 522 Å². The second kappa shape index (κ2) is 32.9. The van der Waals surface area contributed by atoms with Gasteiger partial charge in [0.1, 0.15) is 0 Å². The third kappa shape index (κ3) is 13.0. The number of rotatable bonds is 15. The molecule has 7 heterocycles. The van der Waals surface area contributed by atoms with Crippen molar-refractivity contribution in [1.82, 2.24) is 37.4 Å². The Bertz CT molecular complexity index is 9850.